The van der Waals surface area contributed by atoms with Crippen LogP contribution < -0.4 is 15.0 Å². The number of nitrogens with zero attached hydrogens (tertiary/aromatic N) is 1. The van der Waals surface area contributed by atoms with E-state index in [1.807, 2.05) is 42.1 Å². The number of carbonyl (C=O) groups is 1. The molecule has 0 aliphatic carbocycles. The Hall–Kier alpha value is -2.14. The third-order valence-corrected chi connectivity index (χ3v) is 5.30. The van der Waals surface area contributed by atoms with Crippen LogP contribution in [0, 0.1) is 0 Å². The lowest BCUT2D eigenvalue weighted by molar-refractivity contribution is -0.121. The van der Waals surface area contributed by atoms with Gasteiger partial charge in [0, 0.05) is 43.2 Å². The first-order chi connectivity index (χ1) is 12.8. The third-order valence-electron chi connectivity index (χ3n) is 4.36. The van der Waals surface area contributed by atoms with Crippen molar-refractivity contribution in [1.29, 1.82) is 0 Å². The molecule has 4 nitrogen and oxygen atoms in total. The molecule has 1 heterocycles. The van der Waals surface area contributed by atoms with E-state index in [1.54, 1.807) is 0 Å². The van der Waals surface area contributed by atoms with Gasteiger partial charge in [0.15, 0.2) is 0 Å². The third kappa shape index (κ3) is 5.99. The number of anilines is 1. The average molecular weight is 371 g/mol. The maximum absolute atomic E-state index is 12.0. The van der Waals surface area contributed by atoms with Crippen LogP contribution in [0.4, 0.5) is 5.69 Å². The van der Waals surface area contributed by atoms with Crippen molar-refractivity contribution >= 4 is 23.4 Å². The summed E-state index contributed by atoms with van der Waals surface area (Å²) >= 11 is 2.02. The summed E-state index contributed by atoms with van der Waals surface area (Å²) in [4.78, 5) is 14.4. The Balaban J connectivity index is 1.33. The predicted octanol–water partition coefficient (Wildman–Crippen LogP) is 3.72. The van der Waals surface area contributed by atoms with Crippen LogP contribution in [0.2, 0.25) is 0 Å². The van der Waals surface area contributed by atoms with E-state index in [-0.39, 0.29) is 5.91 Å². The Labute approximate surface area is 159 Å². The number of rotatable bonds is 8. The van der Waals surface area contributed by atoms with Crippen molar-refractivity contribution < 1.29 is 9.53 Å². The molecule has 2 aromatic carbocycles. The topological polar surface area (TPSA) is 41.6 Å². The Morgan fingerprint density at radius 1 is 1.04 bits per heavy atom. The largest absolute Gasteiger partial charge is 0.494 e. The number of thioether (sulfide) groups is 1. The molecule has 0 aromatic heterocycles. The summed E-state index contributed by atoms with van der Waals surface area (Å²) in [6.45, 7) is 3.37. The quantitative estimate of drug-likeness (QED) is 0.719. The second kappa shape index (κ2) is 10.1. The standard InChI is InChI=1S/C21H26N2O2S/c24-21(7-4-14-25-20-5-2-1-3-6-20)22-17-18-8-10-19(11-9-18)23-12-15-26-16-13-23/h1-3,5-6,8-11H,4,7,12-17H2,(H,22,24). The molecule has 2 aromatic rings. The molecule has 0 unspecified atom stereocenters. The molecule has 1 aliphatic rings. The highest BCUT2D eigenvalue weighted by atomic mass is 32.2. The zero-order chi connectivity index (χ0) is 18.0. The number of nitrogens with one attached hydrogen (secondary N) is 1. The van der Waals surface area contributed by atoms with E-state index in [1.165, 1.54) is 17.2 Å². The first kappa shape index (κ1) is 18.6. The van der Waals surface area contributed by atoms with E-state index >= 15 is 0 Å². The van der Waals surface area contributed by atoms with Crippen LogP contribution in [0.1, 0.15) is 18.4 Å². The molecule has 0 saturated carbocycles. The fraction of sp³-hybridized carbons (Fsp3) is 0.381. The van der Waals surface area contributed by atoms with Crippen molar-refractivity contribution in [3.8, 4) is 5.75 Å². The molecule has 0 radical (unpaired) electrons. The van der Waals surface area contributed by atoms with Gasteiger partial charge in [-0.1, -0.05) is 30.3 Å². The molecule has 1 amide bonds. The molecule has 1 N–H and O–H groups in total. The summed E-state index contributed by atoms with van der Waals surface area (Å²) in [7, 11) is 0. The molecule has 5 heteroatoms. The molecule has 26 heavy (non-hydrogen) atoms. The monoisotopic (exact) mass is 370 g/mol. The van der Waals surface area contributed by atoms with Gasteiger partial charge < -0.3 is 15.0 Å². The Kier molecular flexibility index (Phi) is 7.25. The van der Waals surface area contributed by atoms with E-state index < -0.39 is 0 Å². The molecular formula is C21H26N2O2S. The number of carbonyl (C=O) groups excluding carboxylic acids is 1. The molecular weight excluding hydrogens is 344 g/mol. The van der Waals surface area contributed by atoms with Crippen LogP contribution in [-0.4, -0.2) is 37.1 Å². The van der Waals surface area contributed by atoms with Gasteiger partial charge in [-0.05, 0) is 36.2 Å². The molecule has 1 aliphatic heterocycles. The van der Waals surface area contributed by atoms with E-state index in [0.29, 0.717) is 26.0 Å². The molecule has 0 spiro atoms. The van der Waals surface area contributed by atoms with Crippen molar-refractivity contribution in [3.63, 3.8) is 0 Å². The highest BCUT2D eigenvalue weighted by molar-refractivity contribution is 7.99. The SMILES string of the molecule is O=C(CCCOc1ccccc1)NCc1ccc(N2CCSCC2)cc1. The van der Waals surface area contributed by atoms with E-state index in [0.717, 1.165) is 24.4 Å². The number of para-hydroxylation sites is 1. The van der Waals surface area contributed by atoms with Gasteiger partial charge in [0.2, 0.25) is 5.91 Å². The molecule has 138 valence electrons. The van der Waals surface area contributed by atoms with Crippen molar-refractivity contribution in [2.75, 3.05) is 36.1 Å². The molecule has 0 bridgehead atoms. The van der Waals surface area contributed by atoms with Gasteiger partial charge in [-0.3, -0.25) is 4.79 Å². The fourth-order valence-corrected chi connectivity index (χ4v) is 3.78. The number of hydrogen-bond donors (Lipinski definition) is 1. The van der Waals surface area contributed by atoms with Gasteiger partial charge in [0.05, 0.1) is 6.61 Å². The van der Waals surface area contributed by atoms with Crippen LogP contribution in [0.5, 0.6) is 5.75 Å². The van der Waals surface area contributed by atoms with Gasteiger partial charge in [0.1, 0.15) is 5.75 Å². The van der Waals surface area contributed by atoms with Crippen molar-refractivity contribution in [3.05, 3.63) is 60.2 Å². The molecule has 1 fully saturated rings. The predicted molar refractivity (Wildman–Crippen MR) is 109 cm³/mol. The highest BCUT2D eigenvalue weighted by Crippen LogP contribution is 2.19. The lowest BCUT2D eigenvalue weighted by Gasteiger charge is -2.28. The first-order valence-electron chi connectivity index (χ1n) is 9.17. The van der Waals surface area contributed by atoms with Crippen LogP contribution >= 0.6 is 11.8 Å². The minimum absolute atomic E-state index is 0.0683. The van der Waals surface area contributed by atoms with E-state index in [4.69, 9.17) is 4.74 Å². The second-order valence-electron chi connectivity index (χ2n) is 6.31. The zero-order valence-corrected chi connectivity index (χ0v) is 15.8. The summed E-state index contributed by atoms with van der Waals surface area (Å²) in [5, 5.41) is 2.99. The lowest BCUT2D eigenvalue weighted by atomic mass is 10.2. The van der Waals surface area contributed by atoms with Gasteiger partial charge >= 0.3 is 0 Å². The highest BCUT2D eigenvalue weighted by Gasteiger charge is 2.10. The van der Waals surface area contributed by atoms with Gasteiger partial charge in [-0.2, -0.15) is 11.8 Å². The van der Waals surface area contributed by atoms with Gasteiger partial charge in [0.25, 0.3) is 0 Å². The molecule has 3 rings (SSSR count). The summed E-state index contributed by atoms with van der Waals surface area (Å²) in [6, 6.07) is 18.2. The second-order valence-corrected chi connectivity index (χ2v) is 7.53. The lowest BCUT2D eigenvalue weighted by Crippen LogP contribution is -2.32. The zero-order valence-electron chi connectivity index (χ0n) is 15.0. The Morgan fingerprint density at radius 3 is 2.50 bits per heavy atom. The van der Waals surface area contributed by atoms with Crippen LogP contribution in [0.25, 0.3) is 0 Å². The number of hydrogen-bond acceptors (Lipinski definition) is 4. The number of benzene rings is 2. The summed E-state index contributed by atoms with van der Waals surface area (Å²) in [5.41, 5.74) is 2.41. The van der Waals surface area contributed by atoms with E-state index in [2.05, 4.69) is 34.5 Å². The van der Waals surface area contributed by atoms with Crippen LogP contribution in [0.3, 0.4) is 0 Å². The number of amides is 1. The minimum atomic E-state index is 0.0683. The normalized spacial score (nSPS) is 14.1. The van der Waals surface area contributed by atoms with Gasteiger partial charge in [-0.15, -0.1) is 0 Å². The first-order valence-corrected chi connectivity index (χ1v) is 10.3. The minimum Gasteiger partial charge on any atom is -0.494 e. The number of ether oxygens (including phenoxy) is 1. The molecule has 1 saturated heterocycles. The van der Waals surface area contributed by atoms with Crippen molar-refractivity contribution in [2.24, 2.45) is 0 Å². The summed E-state index contributed by atoms with van der Waals surface area (Å²) in [5.74, 6) is 3.32. The van der Waals surface area contributed by atoms with Crippen LogP contribution in [-0.2, 0) is 11.3 Å². The van der Waals surface area contributed by atoms with Crippen molar-refractivity contribution in [2.45, 2.75) is 19.4 Å². The van der Waals surface area contributed by atoms with Crippen LogP contribution in [0.15, 0.2) is 54.6 Å². The van der Waals surface area contributed by atoms with Gasteiger partial charge in [-0.25, -0.2) is 0 Å². The van der Waals surface area contributed by atoms with Crippen molar-refractivity contribution in [1.82, 2.24) is 5.32 Å². The summed E-state index contributed by atoms with van der Waals surface area (Å²) in [6.07, 6.45) is 1.20. The summed E-state index contributed by atoms with van der Waals surface area (Å²) < 4.78 is 5.60. The smallest absolute Gasteiger partial charge is 0.220 e. The Morgan fingerprint density at radius 2 is 1.77 bits per heavy atom. The average Bonchev–Trinajstić information content (AvgIpc) is 2.71. The fourth-order valence-electron chi connectivity index (χ4n) is 2.87. The maximum Gasteiger partial charge on any atom is 0.220 e. The molecule has 0 atom stereocenters. The maximum atomic E-state index is 12.0. The Bertz CT molecular complexity index is 670. The van der Waals surface area contributed by atoms with E-state index in [9.17, 15) is 4.79 Å².